The zero-order valence-electron chi connectivity index (χ0n) is 12.6. The SMILES string of the molecule is C=C(C)/C=C\C(=C)C.C=C(C)/C=C\C(=C)N(C)C. The Balaban J connectivity index is 0. The Morgan fingerprint density at radius 1 is 0.667 bits per heavy atom. The predicted octanol–water partition coefficient (Wildman–Crippen LogP) is 4.89. The summed E-state index contributed by atoms with van der Waals surface area (Å²) in [6.45, 7) is 20.8. The van der Waals surface area contributed by atoms with Gasteiger partial charge in [0.15, 0.2) is 0 Å². The minimum absolute atomic E-state index is 0.989. The largest absolute Gasteiger partial charge is 0.378 e. The zero-order chi connectivity index (χ0) is 14.7. The van der Waals surface area contributed by atoms with Crippen molar-refractivity contribution in [3.8, 4) is 0 Å². The molecule has 0 saturated carbocycles. The van der Waals surface area contributed by atoms with Crippen molar-refractivity contribution in [2.45, 2.75) is 20.8 Å². The van der Waals surface area contributed by atoms with E-state index in [1.807, 2.05) is 64.1 Å². The molecule has 0 heterocycles. The van der Waals surface area contributed by atoms with Gasteiger partial charge in [-0.15, -0.1) is 0 Å². The highest BCUT2D eigenvalue weighted by Crippen LogP contribution is 1.98. The lowest BCUT2D eigenvalue weighted by Crippen LogP contribution is -2.07. The van der Waals surface area contributed by atoms with Gasteiger partial charge >= 0.3 is 0 Å². The number of likely N-dealkylation sites (N-methyl/N-ethyl adjacent to an activating group) is 1. The summed E-state index contributed by atoms with van der Waals surface area (Å²) in [5, 5.41) is 0. The van der Waals surface area contributed by atoms with Crippen molar-refractivity contribution in [1.82, 2.24) is 4.90 Å². The van der Waals surface area contributed by atoms with Crippen molar-refractivity contribution < 1.29 is 0 Å². The van der Waals surface area contributed by atoms with E-state index in [1.54, 1.807) is 0 Å². The number of nitrogens with zero attached hydrogens (tertiary/aromatic N) is 1. The lowest BCUT2D eigenvalue weighted by atomic mass is 10.2. The first-order valence-corrected chi connectivity index (χ1v) is 5.85. The fourth-order valence-corrected chi connectivity index (χ4v) is 0.672. The van der Waals surface area contributed by atoms with Crippen LogP contribution in [0.15, 0.2) is 73.0 Å². The second-order valence-corrected chi connectivity index (χ2v) is 4.59. The Labute approximate surface area is 113 Å². The third-order valence-corrected chi connectivity index (χ3v) is 1.79. The zero-order valence-corrected chi connectivity index (χ0v) is 12.6. The van der Waals surface area contributed by atoms with Crippen molar-refractivity contribution in [3.05, 3.63) is 73.0 Å². The van der Waals surface area contributed by atoms with Crippen LogP contribution in [-0.2, 0) is 0 Å². The first-order valence-electron chi connectivity index (χ1n) is 5.85. The lowest BCUT2D eigenvalue weighted by Gasteiger charge is -2.10. The van der Waals surface area contributed by atoms with Crippen molar-refractivity contribution in [2.24, 2.45) is 0 Å². The molecule has 0 atom stereocenters. The topological polar surface area (TPSA) is 3.24 Å². The van der Waals surface area contributed by atoms with Gasteiger partial charge in [-0.2, -0.15) is 0 Å². The summed E-state index contributed by atoms with van der Waals surface area (Å²) in [5.41, 5.74) is 4.16. The van der Waals surface area contributed by atoms with Crippen LogP contribution in [-0.4, -0.2) is 19.0 Å². The molecule has 0 unspecified atom stereocenters. The fourth-order valence-electron chi connectivity index (χ4n) is 0.672. The van der Waals surface area contributed by atoms with Gasteiger partial charge in [0.05, 0.1) is 0 Å². The first-order chi connectivity index (χ1) is 8.16. The van der Waals surface area contributed by atoms with Crippen LogP contribution in [0, 0.1) is 0 Å². The first kappa shape index (κ1) is 18.6. The van der Waals surface area contributed by atoms with E-state index in [2.05, 4.69) is 26.3 Å². The van der Waals surface area contributed by atoms with E-state index in [0.29, 0.717) is 0 Å². The fraction of sp³-hybridized carbons (Fsp3) is 0.294. The third-order valence-electron chi connectivity index (χ3n) is 1.79. The summed E-state index contributed by atoms with van der Waals surface area (Å²) in [7, 11) is 3.93. The molecule has 0 aliphatic heterocycles. The molecule has 0 saturated heterocycles. The van der Waals surface area contributed by atoms with E-state index in [-0.39, 0.29) is 0 Å². The third kappa shape index (κ3) is 16.7. The Morgan fingerprint density at radius 3 is 1.17 bits per heavy atom. The molecule has 18 heavy (non-hydrogen) atoms. The van der Waals surface area contributed by atoms with Gasteiger partial charge in [0, 0.05) is 19.8 Å². The molecule has 0 rings (SSSR count). The average molecular weight is 245 g/mol. The molecule has 0 aromatic heterocycles. The summed E-state index contributed by atoms with van der Waals surface area (Å²) in [6.07, 6.45) is 7.79. The standard InChI is InChI=1S/C9H15N.C8H12/c1-8(2)6-7-9(3)10(4)5;1-7(2)5-6-8(3)4/h6-7H,1,3H2,2,4-5H3;5-6H,1,3H2,2,4H3/b7-6-;6-5-. The molecule has 0 aliphatic carbocycles. The summed E-state index contributed by atoms with van der Waals surface area (Å²) in [6, 6.07) is 0. The molecule has 0 fully saturated rings. The summed E-state index contributed by atoms with van der Waals surface area (Å²) >= 11 is 0. The van der Waals surface area contributed by atoms with Crippen molar-refractivity contribution in [2.75, 3.05) is 14.1 Å². The quantitative estimate of drug-likeness (QED) is 0.623. The molecule has 100 valence electrons. The van der Waals surface area contributed by atoms with E-state index < -0.39 is 0 Å². The predicted molar refractivity (Wildman–Crippen MR) is 85.5 cm³/mol. The maximum Gasteiger partial charge on any atom is 0.0288 e. The number of rotatable bonds is 5. The van der Waals surface area contributed by atoms with Crippen LogP contribution in [0.2, 0.25) is 0 Å². The minimum atomic E-state index is 0.989. The molecule has 0 bridgehead atoms. The van der Waals surface area contributed by atoms with E-state index in [0.717, 1.165) is 22.4 Å². The molecular formula is C17H27N. The maximum atomic E-state index is 3.82. The van der Waals surface area contributed by atoms with E-state index in [9.17, 15) is 0 Å². The van der Waals surface area contributed by atoms with Gasteiger partial charge in [-0.3, -0.25) is 0 Å². The highest BCUT2D eigenvalue weighted by molar-refractivity contribution is 5.21. The van der Waals surface area contributed by atoms with Crippen LogP contribution in [0.25, 0.3) is 0 Å². The minimum Gasteiger partial charge on any atom is -0.378 e. The van der Waals surface area contributed by atoms with Crippen molar-refractivity contribution in [1.29, 1.82) is 0 Å². The molecule has 0 radical (unpaired) electrons. The molecule has 1 nitrogen and oxygen atoms in total. The molecule has 0 aliphatic rings. The van der Waals surface area contributed by atoms with Gasteiger partial charge in [-0.1, -0.05) is 61.3 Å². The van der Waals surface area contributed by atoms with Gasteiger partial charge in [0.2, 0.25) is 0 Å². The summed E-state index contributed by atoms with van der Waals surface area (Å²) in [5.74, 6) is 0. The van der Waals surface area contributed by atoms with Crippen LogP contribution >= 0.6 is 0 Å². The molecule has 0 aromatic rings. The smallest absolute Gasteiger partial charge is 0.0288 e. The highest BCUT2D eigenvalue weighted by atomic mass is 15.1. The Bertz CT molecular complexity index is 349. The van der Waals surface area contributed by atoms with Gasteiger partial charge in [-0.25, -0.2) is 0 Å². The summed E-state index contributed by atoms with van der Waals surface area (Å²) in [4.78, 5) is 1.96. The van der Waals surface area contributed by atoms with Crippen molar-refractivity contribution in [3.63, 3.8) is 0 Å². The van der Waals surface area contributed by atoms with Gasteiger partial charge in [0.25, 0.3) is 0 Å². The van der Waals surface area contributed by atoms with E-state index in [1.165, 1.54) is 0 Å². The Kier molecular flexibility index (Phi) is 10.7. The second-order valence-electron chi connectivity index (χ2n) is 4.59. The maximum absolute atomic E-state index is 3.82. The molecule has 0 N–H and O–H groups in total. The molecule has 1 heteroatoms. The van der Waals surface area contributed by atoms with Crippen LogP contribution in [0.1, 0.15) is 20.8 Å². The average Bonchev–Trinajstić information content (AvgIpc) is 2.23. The van der Waals surface area contributed by atoms with E-state index >= 15 is 0 Å². The monoisotopic (exact) mass is 245 g/mol. The Hall–Kier alpha value is -1.76. The van der Waals surface area contributed by atoms with Gasteiger partial charge < -0.3 is 4.90 Å². The summed E-state index contributed by atoms with van der Waals surface area (Å²) < 4.78 is 0. The normalized spacial score (nSPS) is 9.83. The molecule has 0 amide bonds. The van der Waals surface area contributed by atoms with Crippen LogP contribution in [0.3, 0.4) is 0 Å². The molecule has 0 spiro atoms. The molecular weight excluding hydrogens is 218 g/mol. The van der Waals surface area contributed by atoms with Crippen LogP contribution in [0.5, 0.6) is 0 Å². The number of hydrogen-bond donors (Lipinski definition) is 0. The van der Waals surface area contributed by atoms with E-state index in [4.69, 9.17) is 0 Å². The van der Waals surface area contributed by atoms with Gasteiger partial charge in [-0.05, 0) is 26.8 Å². The number of hydrogen-bond acceptors (Lipinski definition) is 1. The Morgan fingerprint density at radius 2 is 0.944 bits per heavy atom. The van der Waals surface area contributed by atoms with Crippen molar-refractivity contribution >= 4 is 0 Å². The highest BCUT2D eigenvalue weighted by Gasteiger charge is 1.86. The molecule has 0 aromatic carbocycles. The van der Waals surface area contributed by atoms with Gasteiger partial charge in [0.1, 0.15) is 0 Å². The van der Waals surface area contributed by atoms with Crippen LogP contribution in [0.4, 0.5) is 0 Å². The van der Waals surface area contributed by atoms with Crippen LogP contribution < -0.4 is 0 Å². The second kappa shape index (κ2) is 10.4. The number of allylic oxidation sites excluding steroid dienone is 7. The lowest BCUT2D eigenvalue weighted by molar-refractivity contribution is 0.532.